The number of carbonyl (C=O) groups excluding carboxylic acids is 1. The molecule has 0 saturated carbocycles. The predicted octanol–water partition coefficient (Wildman–Crippen LogP) is 3.27. The summed E-state index contributed by atoms with van der Waals surface area (Å²) in [6.45, 7) is 6.17. The van der Waals surface area contributed by atoms with E-state index in [1.165, 1.54) is 18.6 Å². The van der Waals surface area contributed by atoms with Crippen LogP contribution < -0.4 is 16.0 Å². The van der Waals surface area contributed by atoms with Crippen molar-refractivity contribution in [2.45, 2.75) is 44.4 Å². The van der Waals surface area contributed by atoms with E-state index in [0.29, 0.717) is 11.8 Å². The van der Waals surface area contributed by atoms with Crippen LogP contribution in [-0.4, -0.2) is 54.1 Å². The summed E-state index contributed by atoms with van der Waals surface area (Å²) >= 11 is 2.05. The lowest BCUT2D eigenvalue weighted by Crippen LogP contribution is -2.40. The molecule has 0 spiro atoms. The summed E-state index contributed by atoms with van der Waals surface area (Å²) in [4.78, 5) is 18.8. The Morgan fingerprint density at radius 3 is 2.85 bits per heavy atom. The van der Waals surface area contributed by atoms with Crippen LogP contribution in [0, 0.1) is 0 Å². The van der Waals surface area contributed by atoms with Crippen molar-refractivity contribution in [3.63, 3.8) is 0 Å². The van der Waals surface area contributed by atoms with Gasteiger partial charge in [0.2, 0.25) is 0 Å². The molecule has 2 heterocycles. The van der Waals surface area contributed by atoms with E-state index < -0.39 is 0 Å². The van der Waals surface area contributed by atoms with Crippen LogP contribution in [-0.2, 0) is 6.54 Å². The smallest absolute Gasteiger partial charge is 0.321 e. The molecule has 2 amide bonds. The van der Waals surface area contributed by atoms with Crippen LogP contribution in [0.25, 0.3) is 0 Å². The van der Waals surface area contributed by atoms with Crippen molar-refractivity contribution in [1.82, 2.24) is 15.5 Å². The zero-order chi connectivity index (χ0) is 18.9. The Labute approximate surface area is 166 Å². The van der Waals surface area contributed by atoms with Gasteiger partial charge in [-0.3, -0.25) is 0 Å². The molecular weight excluding hydrogens is 358 g/mol. The fourth-order valence-electron chi connectivity index (χ4n) is 3.40. The van der Waals surface area contributed by atoms with Crippen LogP contribution in [0.2, 0.25) is 0 Å². The molecule has 2 aliphatic heterocycles. The zero-order valence-corrected chi connectivity index (χ0v) is 17.0. The second-order valence-corrected chi connectivity index (χ2v) is 8.44. The molecular formula is C20H31N5OS. The van der Waals surface area contributed by atoms with E-state index in [1.807, 2.05) is 40.9 Å². The van der Waals surface area contributed by atoms with Crippen LogP contribution >= 0.6 is 11.8 Å². The Balaban J connectivity index is 1.54. The number of thioether (sulfide) groups is 1. The van der Waals surface area contributed by atoms with Crippen LogP contribution in [0.1, 0.15) is 38.2 Å². The van der Waals surface area contributed by atoms with Gasteiger partial charge in [-0.05, 0) is 56.1 Å². The number of aliphatic imine (C=N–C) groups is 1. The van der Waals surface area contributed by atoms with E-state index >= 15 is 0 Å². The number of benzene rings is 1. The fourth-order valence-corrected chi connectivity index (χ4v) is 4.60. The molecule has 0 aromatic heterocycles. The minimum Gasteiger partial charge on any atom is -0.357 e. The summed E-state index contributed by atoms with van der Waals surface area (Å²) in [5, 5.41) is 10.5. The van der Waals surface area contributed by atoms with E-state index in [-0.39, 0.29) is 6.03 Å². The van der Waals surface area contributed by atoms with E-state index in [4.69, 9.17) is 4.99 Å². The number of amides is 2. The van der Waals surface area contributed by atoms with Gasteiger partial charge in [-0.1, -0.05) is 12.1 Å². The van der Waals surface area contributed by atoms with E-state index in [2.05, 4.69) is 22.9 Å². The first-order valence-corrected chi connectivity index (χ1v) is 11.1. The summed E-state index contributed by atoms with van der Waals surface area (Å²) in [5.41, 5.74) is 1.92. The van der Waals surface area contributed by atoms with Gasteiger partial charge in [-0.25, -0.2) is 9.79 Å². The molecule has 6 nitrogen and oxygen atoms in total. The quantitative estimate of drug-likeness (QED) is 0.516. The Morgan fingerprint density at radius 2 is 2.11 bits per heavy atom. The summed E-state index contributed by atoms with van der Waals surface area (Å²) in [6.07, 6.45) is 4.81. The highest BCUT2D eigenvalue weighted by molar-refractivity contribution is 8.00. The average Bonchev–Trinajstić information content (AvgIpc) is 3.38. The first-order chi connectivity index (χ1) is 13.2. The van der Waals surface area contributed by atoms with Crippen molar-refractivity contribution in [3.05, 3.63) is 29.8 Å². The SMILES string of the molecule is CCNC(=NCc1cccc(NC(=O)N2CCCC2)c1)NCC1CCCS1. The molecule has 148 valence electrons. The van der Waals surface area contributed by atoms with Gasteiger partial charge in [0.05, 0.1) is 6.54 Å². The summed E-state index contributed by atoms with van der Waals surface area (Å²) in [7, 11) is 0. The van der Waals surface area contributed by atoms with Gasteiger partial charge in [0.25, 0.3) is 0 Å². The second kappa shape index (κ2) is 10.4. The number of carbonyl (C=O) groups is 1. The molecule has 1 unspecified atom stereocenters. The van der Waals surface area contributed by atoms with Crippen LogP contribution in [0.15, 0.2) is 29.3 Å². The van der Waals surface area contributed by atoms with Gasteiger partial charge in [-0.2, -0.15) is 11.8 Å². The molecule has 1 aromatic carbocycles. The zero-order valence-electron chi connectivity index (χ0n) is 16.2. The lowest BCUT2D eigenvalue weighted by Gasteiger charge is -2.16. The molecule has 7 heteroatoms. The minimum atomic E-state index is -0.00257. The van der Waals surface area contributed by atoms with Gasteiger partial charge in [0.1, 0.15) is 0 Å². The number of likely N-dealkylation sites (tertiary alicyclic amines) is 1. The molecule has 0 bridgehead atoms. The summed E-state index contributed by atoms with van der Waals surface area (Å²) < 4.78 is 0. The van der Waals surface area contributed by atoms with E-state index in [9.17, 15) is 4.79 Å². The van der Waals surface area contributed by atoms with Crippen molar-refractivity contribution < 1.29 is 4.79 Å². The third kappa shape index (κ3) is 6.34. The molecule has 3 N–H and O–H groups in total. The molecule has 2 saturated heterocycles. The van der Waals surface area contributed by atoms with Crippen LogP contribution in [0.4, 0.5) is 10.5 Å². The maximum atomic E-state index is 12.3. The number of rotatable bonds is 6. The lowest BCUT2D eigenvalue weighted by atomic mass is 10.2. The standard InChI is InChI=1S/C20H31N5OS/c1-2-21-19(23-15-18-9-6-12-27-18)22-14-16-7-5-8-17(13-16)24-20(26)25-10-3-4-11-25/h5,7-8,13,18H,2-4,6,9-12,14-15H2,1H3,(H,24,26)(H2,21,22,23). The number of guanidine groups is 1. The molecule has 2 fully saturated rings. The fraction of sp³-hybridized carbons (Fsp3) is 0.600. The van der Waals surface area contributed by atoms with Crippen molar-refractivity contribution >= 4 is 29.4 Å². The van der Waals surface area contributed by atoms with Gasteiger partial charge in [0, 0.05) is 37.1 Å². The van der Waals surface area contributed by atoms with Crippen molar-refractivity contribution in [2.75, 3.05) is 37.2 Å². The van der Waals surface area contributed by atoms with Gasteiger partial charge in [0.15, 0.2) is 5.96 Å². The highest BCUT2D eigenvalue weighted by atomic mass is 32.2. The number of nitrogens with zero attached hydrogens (tertiary/aromatic N) is 2. The van der Waals surface area contributed by atoms with Crippen LogP contribution in [0.3, 0.4) is 0 Å². The largest absolute Gasteiger partial charge is 0.357 e. The maximum absolute atomic E-state index is 12.3. The topological polar surface area (TPSA) is 68.8 Å². The van der Waals surface area contributed by atoms with Gasteiger partial charge >= 0.3 is 6.03 Å². The number of hydrogen-bond acceptors (Lipinski definition) is 3. The average molecular weight is 390 g/mol. The van der Waals surface area contributed by atoms with E-state index in [1.54, 1.807) is 0 Å². The second-order valence-electron chi connectivity index (χ2n) is 7.04. The third-order valence-corrected chi connectivity index (χ3v) is 6.25. The van der Waals surface area contributed by atoms with Crippen LogP contribution in [0.5, 0.6) is 0 Å². The van der Waals surface area contributed by atoms with Crippen molar-refractivity contribution in [2.24, 2.45) is 4.99 Å². The Hall–Kier alpha value is -1.89. The van der Waals surface area contributed by atoms with E-state index in [0.717, 1.165) is 56.2 Å². The van der Waals surface area contributed by atoms with Gasteiger partial charge < -0.3 is 20.9 Å². The number of anilines is 1. The number of hydrogen-bond donors (Lipinski definition) is 3. The molecule has 0 aliphatic carbocycles. The Kier molecular flexibility index (Phi) is 7.68. The summed E-state index contributed by atoms with van der Waals surface area (Å²) in [5.74, 6) is 2.13. The highest BCUT2D eigenvalue weighted by Crippen LogP contribution is 2.25. The molecule has 2 aliphatic rings. The van der Waals surface area contributed by atoms with Crippen molar-refractivity contribution in [1.29, 1.82) is 0 Å². The minimum absolute atomic E-state index is 0.00257. The lowest BCUT2D eigenvalue weighted by molar-refractivity contribution is 0.222. The van der Waals surface area contributed by atoms with Gasteiger partial charge in [-0.15, -0.1) is 0 Å². The van der Waals surface area contributed by atoms with Crippen molar-refractivity contribution in [3.8, 4) is 0 Å². The highest BCUT2D eigenvalue weighted by Gasteiger charge is 2.18. The first-order valence-electron chi connectivity index (χ1n) is 10.0. The molecule has 3 rings (SSSR count). The number of urea groups is 1. The third-order valence-electron chi connectivity index (χ3n) is 4.86. The molecule has 27 heavy (non-hydrogen) atoms. The molecule has 0 radical (unpaired) electrons. The predicted molar refractivity (Wildman–Crippen MR) is 115 cm³/mol. The molecule has 1 aromatic rings. The molecule has 1 atom stereocenters. The maximum Gasteiger partial charge on any atom is 0.321 e. The summed E-state index contributed by atoms with van der Waals surface area (Å²) in [6, 6.07) is 7.96. The first kappa shape index (κ1) is 19.9. The Bertz CT molecular complexity index is 639. The monoisotopic (exact) mass is 389 g/mol. The normalized spacial score (nSPS) is 20.0. The number of nitrogens with one attached hydrogen (secondary N) is 3. The Morgan fingerprint density at radius 1 is 1.26 bits per heavy atom.